The molecular weight excluding hydrogens is 144 g/mol. The van der Waals surface area contributed by atoms with Gasteiger partial charge < -0.3 is 15.7 Å². The molecule has 0 atom stereocenters. The van der Waals surface area contributed by atoms with Crippen LogP contribution in [0.15, 0.2) is 0 Å². The summed E-state index contributed by atoms with van der Waals surface area (Å²) in [6, 6.07) is 0. The first kappa shape index (κ1) is 10.4. The molecule has 4 nitrogen and oxygen atoms in total. The molecule has 0 aromatic carbocycles. The van der Waals surface area contributed by atoms with Crippen molar-refractivity contribution in [3.05, 3.63) is 0 Å². The quantitative estimate of drug-likeness (QED) is 0.533. The smallest absolute Gasteiger partial charge is 0.218 e. The second-order valence-corrected chi connectivity index (χ2v) is 2.37. The highest BCUT2D eigenvalue weighted by Gasteiger charge is 2.02. The third-order valence-corrected chi connectivity index (χ3v) is 1.54. The molecule has 0 spiro atoms. The Morgan fingerprint density at radius 2 is 2.18 bits per heavy atom. The Morgan fingerprint density at radius 1 is 1.55 bits per heavy atom. The van der Waals surface area contributed by atoms with E-state index in [9.17, 15) is 4.79 Å². The molecule has 0 aliphatic heterocycles. The number of aliphatic hydroxyl groups is 1. The van der Waals surface area contributed by atoms with Crippen LogP contribution in [0.25, 0.3) is 0 Å². The third-order valence-electron chi connectivity index (χ3n) is 1.54. The standard InChI is InChI=1S/C7H16N2O2/c1-2-9(5-6-10)4-3-7(8)11/h10H,2-6H2,1H3,(H2,8,11). The minimum Gasteiger partial charge on any atom is -0.395 e. The Balaban J connectivity index is 3.43. The maximum atomic E-state index is 10.4. The van der Waals surface area contributed by atoms with Crippen LogP contribution < -0.4 is 5.73 Å². The number of aliphatic hydroxyl groups excluding tert-OH is 1. The van der Waals surface area contributed by atoms with Gasteiger partial charge in [0.15, 0.2) is 0 Å². The molecule has 0 aliphatic carbocycles. The van der Waals surface area contributed by atoms with Crippen LogP contribution in [-0.4, -0.2) is 42.2 Å². The van der Waals surface area contributed by atoms with Gasteiger partial charge in [0.05, 0.1) is 6.61 Å². The molecular formula is C7H16N2O2. The van der Waals surface area contributed by atoms with Crippen molar-refractivity contribution < 1.29 is 9.90 Å². The second-order valence-electron chi connectivity index (χ2n) is 2.37. The predicted molar refractivity (Wildman–Crippen MR) is 43.0 cm³/mol. The fourth-order valence-corrected chi connectivity index (χ4v) is 0.838. The Hall–Kier alpha value is -0.610. The van der Waals surface area contributed by atoms with Gasteiger partial charge in [0.2, 0.25) is 5.91 Å². The molecule has 0 saturated carbocycles. The number of hydrogen-bond acceptors (Lipinski definition) is 3. The van der Waals surface area contributed by atoms with Gasteiger partial charge in [-0.25, -0.2) is 0 Å². The number of primary amides is 1. The summed E-state index contributed by atoms with van der Waals surface area (Å²) in [5, 5.41) is 8.58. The summed E-state index contributed by atoms with van der Waals surface area (Å²) >= 11 is 0. The summed E-state index contributed by atoms with van der Waals surface area (Å²) in [6.45, 7) is 4.22. The number of carbonyl (C=O) groups is 1. The molecule has 0 aromatic heterocycles. The number of carbonyl (C=O) groups excluding carboxylic acids is 1. The van der Waals surface area contributed by atoms with Gasteiger partial charge in [0, 0.05) is 19.5 Å². The second kappa shape index (κ2) is 6.12. The SMILES string of the molecule is CCN(CCO)CCC(N)=O. The van der Waals surface area contributed by atoms with Crippen LogP contribution in [0.1, 0.15) is 13.3 Å². The highest BCUT2D eigenvalue weighted by atomic mass is 16.3. The summed E-state index contributed by atoms with van der Waals surface area (Å²) < 4.78 is 0. The molecule has 0 aromatic rings. The van der Waals surface area contributed by atoms with E-state index in [1.165, 1.54) is 0 Å². The Kier molecular flexibility index (Phi) is 5.78. The zero-order chi connectivity index (χ0) is 8.69. The predicted octanol–water partition coefficient (Wildman–Crippen LogP) is -0.824. The van der Waals surface area contributed by atoms with Gasteiger partial charge >= 0.3 is 0 Å². The molecule has 11 heavy (non-hydrogen) atoms. The first-order chi connectivity index (χ1) is 5.20. The van der Waals surface area contributed by atoms with Gasteiger partial charge in [-0.15, -0.1) is 0 Å². The number of nitrogens with two attached hydrogens (primary N) is 1. The lowest BCUT2D eigenvalue weighted by Crippen LogP contribution is -2.30. The van der Waals surface area contributed by atoms with Crippen LogP contribution in [-0.2, 0) is 4.79 Å². The molecule has 4 heteroatoms. The van der Waals surface area contributed by atoms with Crippen LogP contribution in [0.4, 0.5) is 0 Å². The fraction of sp³-hybridized carbons (Fsp3) is 0.857. The highest BCUT2D eigenvalue weighted by molar-refractivity contribution is 5.73. The van der Waals surface area contributed by atoms with Crippen molar-refractivity contribution in [1.29, 1.82) is 0 Å². The lowest BCUT2D eigenvalue weighted by atomic mass is 10.3. The molecule has 0 fully saturated rings. The number of rotatable bonds is 6. The van der Waals surface area contributed by atoms with Gasteiger partial charge in [-0.1, -0.05) is 6.92 Å². The molecule has 0 rings (SSSR count). The highest BCUT2D eigenvalue weighted by Crippen LogP contribution is 1.89. The van der Waals surface area contributed by atoms with Crippen molar-refractivity contribution >= 4 is 5.91 Å². The zero-order valence-corrected chi connectivity index (χ0v) is 6.92. The van der Waals surface area contributed by atoms with Crippen molar-refractivity contribution in [3.8, 4) is 0 Å². The molecule has 0 bridgehead atoms. The van der Waals surface area contributed by atoms with Crippen molar-refractivity contribution in [2.75, 3.05) is 26.2 Å². The van der Waals surface area contributed by atoms with Gasteiger partial charge in [-0.05, 0) is 6.54 Å². The van der Waals surface area contributed by atoms with E-state index in [0.717, 1.165) is 6.54 Å². The zero-order valence-electron chi connectivity index (χ0n) is 6.92. The topological polar surface area (TPSA) is 66.6 Å². The lowest BCUT2D eigenvalue weighted by Gasteiger charge is -2.17. The maximum Gasteiger partial charge on any atom is 0.218 e. The molecule has 66 valence electrons. The molecule has 0 heterocycles. The Morgan fingerprint density at radius 3 is 2.55 bits per heavy atom. The third kappa shape index (κ3) is 5.82. The molecule has 0 radical (unpaired) electrons. The normalized spacial score (nSPS) is 10.5. The van der Waals surface area contributed by atoms with E-state index in [1.807, 2.05) is 11.8 Å². The summed E-state index contributed by atoms with van der Waals surface area (Å²) in [7, 11) is 0. The van der Waals surface area contributed by atoms with E-state index in [2.05, 4.69) is 0 Å². The van der Waals surface area contributed by atoms with Gasteiger partial charge in [0.1, 0.15) is 0 Å². The summed E-state index contributed by atoms with van der Waals surface area (Å²) in [5.41, 5.74) is 4.96. The van der Waals surface area contributed by atoms with E-state index in [4.69, 9.17) is 10.8 Å². The lowest BCUT2D eigenvalue weighted by molar-refractivity contribution is -0.118. The van der Waals surface area contributed by atoms with Crippen LogP contribution in [0.2, 0.25) is 0 Å². The Bertz CT molecular complexity index is 117. The average molecular weight is 160 g/mol. The average Bonchev–Trinajstić information content (AvgIpc) is 1.97. The van der Waals surface area contributed by atoms with E-state index < -0.39 is 0 Å². The first-order valence-corrected chi connectivity index (χ1v) is 3.82. The van der Waals surface area contributed by atoms with Crippen LogP contribution in [0, 0.1) is 0 Å². The van der Waals surface area contributed by atoms with Crippen molar-refractivity contribution in [3.63, 3.8) is 0 Å². The molecule has 1 amide bonds. The van der Waals surface area contributed by atoms with Crippen LogP contribution in [0.5, 0.6) is 0 Å². The van der Waals surface area contributed by atoms with Crippen molar-refractivity contribution in [1.82, 2.24) is 4.90 Å². The first-order valence-electron chi connectivity index (χ1n) is 3.82. The maximum absolute atomic E-state index is 10.4. The van der Waals surface area contributed by atoms with E-state index in [1.54, 1.807) is 0 Å². The van der Waals surface area contributed by atoms with E-state index in [0.29, 0.717) is 19.5 Å². The number of hydrogen-bond donors (Lipinski definition) is 2. The van der Waals surface area contributed by atoms with Crippen LogP contribution >= 0.6 is 0 Å². The molecule has 0 saturated heterocycles. The van der Waals surface area contributed by atoms with Crippen molar-refractivity contribution in [2.45, 2.75) is 13.3 Å². The van der Waals surface area contributed by atoms with Gasteiger partial charge in [-0.2, -0.15) is 0 Å². The van der Waals surface area contributed by atoms with Gasteiger partial charge in [-0.3, -0.25) is 4.79 Å². The minimum atomic E-state index is -0.290. The largest absolute Gasteiger partial charge is 0.395 e. The molecule has 0 unspecified atom stereocenters. The van der Waals surface area contributed by atoms with Crippen molar-refractivity contribution in [2.24, 2.45) is 5.73 Å². The summed E-state index contributed by atoms with van der Waals surface area (Å²) in [4.78, 5) is 12.3. The number of amides is 1. The molecule has 3 N–H and O–H groups in total. The Labute approximate surface area is 67.0 Å². The van der Waals surface area contributed by atoms with E-state index >= 15 is 0 Å². The number of nitrogens with zero attached hydrogens (tertiary/aromatic N) is 1. The summed E-state index contributed by atoms with van der Waals surface area (Å²) in [5.74, 6) is -0.290. The van der Waals surface area contributed by atoms with Gasteiger partial charge in [0.25, 0.3) is 0 Å². The monoisotopic (exact) mass is 160 g/mol. The summed E-state index contributed by atoms with van der Waals surface area (Å²) in [6.07, 6.45) is 0.369. The molecule has 0 aliphatic rings. The number of likely N-dealkylation sites (N-methyl/N-ethyl adjacent to an activating group) is 1. The minimum absolute atomic E-state index is 0.132. The fourth-order valence-electron chi connectivity index (χ4n) is 0.838. The van der Waals surface area contributed by atoms with E-state index in [-0.39, 0.29) is 12.5 Å². The van der Waals surface area contributed by atoms with Crippen LogP contribution in [0.3, 0.4) is 0 Å².